The van der Waals surface area contributed by atoms with Crippen LogP contribution >= 0.6 is 24.0 Å². The number of halogens is 4. The number of hydrogen-bond donors (Lipinski definition) is 2. The molecule has 0 amide bonds. The Kier molecular flexibility index (Phi) is 10.3. The molecular weight excluding hydrogens is 326 g/mol. The van der Waals surface area contributed by atoms with Crippen molar-refractivity contribution in [2.24, 2.45) is 10.7 Å². The van der Waals surface area contributed by atoms with Gasteiger partial charge >= 0.3 is 6.18 Å². The Balaban J connectivity index is 0. The van der Waals surface area contributed by atoms with Crippen molar-refractivity contribution in [1.82, 2.24) is 5.32 Å². The highest BCUT2D eigenvalue weighted by molar-refractivity contribution is 14.0. The fourth-order valence-electron chi connectivity index (χ4n) is 0.640. The molecule has 0 aromatic heterocycles. The van der Waals surface area contributed by atoms with Gasteiger partial charge in [0.15, 0.2) is 5.96 Å². The third-order valence-electron chi connectivity index (χ3n) is 1.29. The first-order chi connectivity index (χ1) is 6.45. The molecule has 3 N–H and O–H groups in total. The predicted molar refractivity (Wildman–Crippen MR) is 62.5 cm³/mol. The zero-order valence-corrected chi connectivity index (χ0v) is 10.6. The van der Waals surface area contributed by atoms with Gasteiger partial charge in [-0.2, -0.15) is 13.2 Å². The summed E-state index contributed by atoms with van der Waals surface area (Å²) in [7, 11) is 1.51. The monoisotopic (exact) mass is 341 g/mol. The van der Waals surface area contributed by atoms with Gasteiger partial charge in [0.25, 0.3) is 0 Å². The Morgan fingerprint density at radius 1 is 1.47 bits per heavy atom. The standard InChI is InChI=1S/C7H14F3N3O.HI/c1-14-5-4-13-6(11)12-3-2-7(8,9)10;/h2-5H2,1H3,(H3,11,12,13);1H. The third-order valence-corrected chi connectivity index (χ3v) is 1.29. The molecule has 0 fully saturated rings. The van der Waals surface area contributed by atoms with E-state index < -0.39 is 12.6 Å². The van der Waals surface area contributed by atoms with Crippen LogP contribution < -0.4 is 11.1 Å². The molecular formula is C7H15F3IN3O. The molecule has 0 spiro atoms. The van der Waals surface area contributed by atoms with Crippen LogP contribution in [-0.2, 0) is 4.74 Å². The second-order valence-electron chi connectivity index (χ2n) is 2.55. The van der Waals surface area contributed by atoms with E-state index in [0.29, 0.717) is 13.2 Å². The summed E-state index contributed by atoms with van der Waals surface area (Å²) < 4.78 is 39.7. The van der Waals surface area contributed by atoms with Gasteiger partial charge in [0.05, 0.1) is 19.6 Å². The van der Waals surface area contributed by atoms with Gasteiger partial charge in [-0.1, -0.05) is 0 Å². The van der Waals surface area contributed by atoms with Crippen molar-refractivity contribution in [3.05, 3.63) is 0 Å². The third kappa shape index (κ3) is 13.8. The molecule has 0 aromatic rings. The molecule has 0 saturated carbocycles. The van der Waals surface area contributed by atoms with Crippen molar-refractivity contribution in [1.29, 1.82) is 0 Å². The average Bonchev–Trinajstić information content (AvgIpc) is 2.02. The van der Waals surface area contributed by atoms with E-state index in [1.165, 1.54) is 7.11 Å². The maximum absolute atomic E-state index is 11.7. The first kappa shape index (κ1) is 17.2. The molecule has 0 saturated heterocycles. The SMILES string of the molecule is COCCNC(N)=NCCC(F)(F)F.I. The van der Waals surface area contributed by atoms with Gasteiger partial charge in [-0.05, 0) is 0 Å². The van der Waals surface area contributed by atoms with Crippen LogP contribution in [0.1, 0.15) is 6.42 Å². The Morgan fingerprint density at radius 2 is 2.07 bits per heavy atom. The summed E-state index contributed by atoms with van der Waals surface area (Å²) >= 11 is 0. The molecule has 15 heavy (non-hydrogen) atoms. The smallest absolute Gasteiger partial charge is 0.383 e. The second-order valence-corrected chi connectivity index (χ2v) is 2.55. The summed E-state index contributed by atoms with van der Waals surface area (Å²) in [6.07, 6.45) is -5.14. The Hall–Kier alpha value is -0.250. The van der Waals surface area contributed by atoms with Crippen LogP contribution in [0.25, 0.3) is 0 Å². The lowest BCUT2D eigenvalue weighted by Crippen LogP contribution is -2.34. The molecule has 0 unspecified atom stereocenters. The molecule has 0 aromatic carbocycles. The van der Waals surface area contributed by atoms with E-state index in [2.05, 4.69) is 10.3 Å². The van der Waals surface area contributed by atoms with Crippen LogP contribution in [0.15, 0.2) is 4.99 Å². The van der Waals surface area contributed by atoms with Crippen LogP contribution in [0.5, 0.6) is 0 Å². The number of rotatable bonds is 5. The van der Waals surface area contributed by atoms with E-state index in [1.807, 2.05) is 0 Å². The fourth-order valence-corrected chi connectivity index (χ4v) is 0.640. The Bertz CT molecular complexity index is 187. The maximum atomic E-state index is 11.7. The molecule has 0 rings (SSSR count). The quantitative estimate of drug-likeness (QED) is 0.341. The van der Waals surface area contributed by atoms with Gasteiger partial charge in [0, 0.05) is 13.7 Å². The molecule has 0 radical (unpaired) electrons. The molecule has 0 bridgehead atoms. The molecule has 92 valence electrons. The average molecular weight is 341 g/mol. The fraction of sp³-hybridized carbons (Fsp3) is 0.857. The number of nitrogens with two attached hydrogens (primary N) is 1. The zero-order chi connectivity index (χ0) is 11.0. The van der Waals surface area contributed by atoms with E-state index in [1.54, 1.807) is 0 Å². The molecule has 0 heterocycles. The topological polar surface area (TPSA) is 59.6 Å². The summed E-state index contributed by atoms with van der Waals surface area (Å²) in [5.74, 6) is 0.00583. The molecule has 0 aliphatic rings. The van der Waals surface area contributed by atoms with Gasteiger partial charge < -0.3 is 15.8 Å². The lowest BCUT2D eigenvalue weighted by Gasteiger charge is -2.05. The van der Waals surface area contributed by atoms with Crippen molar-refractivity contribution in [2.75, 3.05) is 26.8 Å². The lowest BCUT2D eigenvalue weighted by atomic mass is 10.4. The van der Waals surface area contributed by atoms with Gasteiger partial charge in [0.1, 0.15) is 0 Å². The summed E-state index contributed by atoms with van der Waals surface area (Å²) in [4.78, 5) is 3.49. The minimum Gasteiger partial charge on any atom is -0.383 e. The van der Waals surface area contributed by atoms with Crippen molar-refractivity contribution in [2.45, 2.75) is 12.6 Å². The summed E-state index contributed by atoms with van der Waals surface area (Å²) in [6.45, 7) is 0.503. The molecule has 4 nitrogen and oxygen atoms in total. The summed E-state index contributed by atoms with van der Waals surface area (Å²) in [5, 5.41) is 2.61. The Labute approximate surface area is 103 Å². The van der Waals surface area contributed by atoms with Crippen LogP contribution in [-0.4, -0.2) is 38.9 Å². The molecule has 0 aliphatic carbocycles. The van der Waals surface area contributed by atoms with E-state index in [-0.39, 0.29) is 36.5 Å². The van der Waals surface area contributed by atoms with Crippen molar-refractivity contribution < 1.29 is 17.9 Å². The van der Waals surface area contributed by atoms with E-state index in [0.717, 1.165) is 0 Å². The van der Waals surface area contributed by atoms with Crippen LogP contribution in [0.4, 0.5) is 13.2 Å². The molecule has 8 heteroatoms. The van der Waals surface area contributed by atoms with E-state index >= 15 is 0 Å². The van der Waals surface area contributed by atoms with E-state index in [9.17, 15) is 13.2 Å². The summed E-state index contributed by atoms with van der Waals surface area (Å²) in [6, 6.07) is 0. The van der Waals surface area contributed by atoms with Gasteiger partial charge in [-0.25, -0.2) is 0 Å². The largest absolute Gasteiger partial charge is 0.390 e. The van der Waals surface area contributed by atoms with Crippen molar-refractivity contribution in [3.63, 3.8) is 0 Å². The van der Waals surface area contributed by atoms with Gasteiger partial charge in [0.2, 0.25) is 0 Å². The minimum atomic E-state index is -4.18. The zero-order valence-electron chi connectivity index (χ0n) is 8.30. The summed E-state index contributed by atoms with van der Waals surface area (Å²) in [5.41, 5.74) is 5.26. The number of guanidine groups is 1. The molecule has 0 atom stereocenters. The Morgan fingerprint density at radius 3 is 2.53 bits per heavy atom. The van der Waals surface area contributed by atoms with E-state index in [4.69, 9.17) is 10.5 Å². The second kappa shape index (κ2) is 9.01. The normalized spacial score (nSPS) is 12.1. The number of hydrogen-bond acceptors (Lipinski definition) is 2. The number of methoxy groups -OCH3 is 1. The first-order valence-corrected chi connectivity index (χ1v) is 4.05. The lowest BCUT2D eigenvalue weighted by molar-refractivity contribution is -0.132. The number of aliphatic imine (C=N–C) groups is 1. The minimum absolute atomic E-state index is 0. The predicted octanol–water partition coefficient (Wildman–Crippen LogP) is 1.11. The highest BCUT2D eigenvalue weighted by Crippen LogP contribution is 2.18. The number of nitrogens with one attached hydrogen (secondary N) is 1. The maximum Gasteiger partial charge on any atom is 0.390 e. The number of ether oxygens (including phenoxy) is 1. The van der Waals surface area contributed by atoms with Crippen molar-refractivity contribution in [3.8, 4) is 0 Å². The highest BCUT2D eigenvalue weighted by Gasteiger charge is 2.25. The van der Waals surface area contributed by atoms with Gasteiger partial charge in [-0.3, -0.25) is 4.99 Å². The van der Waals surface area contributed by atoms with Crippen LogP contribution in [0.2, 0.25) is 0 Å². The van der Waals surface area contributed by atoms with Crippen LogP contribution in [0.3, 0.4) is 0 Å². The van der Waals surface area contributed by atoms with Crippen LogP contribution in [0, 0.1) is 0 Å². The molecule has 0 aliphatic heterocycles. The first-order valence-electron chi connectivity index (χ1n) is 4.05. The van der Waals surface area contributed by atoms with Crippen molar-refractivity contribution >= 4 is 29.9 Å². The number of nitrogens with zero attached hydrogens (tertiary/aromatic N) is 1. The number of alkyl halides is 3. The van der Waals surface area contributed by atoms with Gasteiger partial charge in [-0.15, -0.1) is 24.0 Å². The highest BCUT2D eigenvalue weighted by atomic mass is 127.